The van der Waals surface area contributed by atoms with Crippen molar-refractivity contribution in [1.82, 2.24) is 10.3 Å². The van der Waals surface area contributed by atoms with Crippen molar-refractivity contribution in [3.8, 4) is 0 Å². The molecule has 0 spiro atoms. The Labute approximate surface area is 102 Å². The van der Waals surface area contributed by atoms with Gasteiger partial charge in [-0.05, 0) is 31.0 Å². The monoisotopic (exact) mass is 236 g/mol. The summed E-state index contributed by atoms with van der Waals surface area (Å²) in [5.41, 5.74) is 1.35. The number of thioether (sulfide) groups is 1. The molecule has 16 heavy (non-hydrogen) atoms. The number of pyridine rings is 1. The highest BCUT2D eigenvalue weighted by Gasteiger charge is 2.17. The van der Waals surface area contributed by atoms with Gasteiger partial charge in [0, 0.05) is 18.0 Å². The Morgan fingerprint density at radius 3 is 3.00 bits per heavy atom. The van der Waals surface area contributed by atoms with Crippen LogP contribution >= 0.6 is 11.8 Å². The molecule has 1 aromatic rings. The van der Waals surface area contributed by atoms with Crippen LogP contribution in [0.3, 0.4) is 0 Å². The van der Waals surface area contributed by atoms with Crippen LogP contribution in [0.2, 0.25) is 0 Å². The number of rotatable bonds is 5. The van der Waals surface area contributed by atoms with Gasteiger partial charge in [-0.2, -0.15) is 0 Å². The van der Waals surface area contributed by atoms with Gasteiger partial charge in [0.05, 0.1) is 0 Å². The van der Waals surface area contributed by atoms with Gasteiger partial charge in [0.15, 0.2) is 0 Å². The van der Waals surface area contributed by atoms with E-state index in [0.29, 0.717) is 0 Å². The molecule has 88 valence electrons. The van der Waals surface area contributed by atoms with Crippen LogP contribution in [-0.2, 0) is 6.54 Å². The van der Waals surface area contributed by atoms with Gasteiger partial charge in [-0.15, -0.1) is 11.8 Å². The van der Waals surface area contributed by atoms with Crippen molar-refractivity contribution in [3.63, 3.8) is 0 Å². The summed E-state index contributed by atoms with van der Waals surface area (Å²) in [5.74, 6) is 0. The molecule has 1 aliphatic rings. The zero-order chi connectivity index (χ0) is 11.2. The third-order valence-electron chi connectivity index (χ3n) is 3.00. The Kier molecular flexibility index (Phi) is 4.67. The first kappa shape index (κ1) is 11.9. The molecule has 0 saturated heterocycles. The van der Waals surface area contributed by atoms with Gasteiger partial charge in [0.25, 0.3) is 0 Å². The second-order valence-electron chi connectivity index (χ2n) is 4.27. The van der Waals surface area contributed by atoms with Crippen LogP contribution in [0.4, 0.5) is 0 Å². The van der Waals surface area contributed by atoms with E-state index in [0.717, 1.165) is 18.3 Å². The molecule has 0 aliphatic heterocycles. The van der Waals surface area contributed by atoms with Crippen LogP contribution in [-0.4, -0.2) is 16.8 Å². The zero-order valence-corrected chi connectivity index (χ0v) is 10.7. The Balaban J connectivity index is 2.00. The largest absolute Gasteiger partial charge is 0.313 e. The van der Waals surface area contributed by atoms with E-state index in [2.05, 4.69) is 23.3 Å². The Hall–Kier alpha value is -0.540. The fourth-order valence-electron chi connectivity index (χ4n) is 2.09. The van der Waals surface area contributed by atoms with Gasteiger partial charge in [0.2, 0.25) is 0 Å². The predicted octanol–water partition coefficient (Wildman–Crippen LogP) is 3.23. The van der Waals surface area contributed by atoms with Gasteiger partial charge >= 0.3 is 0 Å². The lowest BCUT2D eigenvalue weighted by molar-refractivity contribution is 0.710. The second-order valence-corrected chi connectivity index (χ2v) is 5.56. The van der Waals surface area contributed by atoms with Gasteiger partial charge in [0.1, 0.15) is 5.03 Å². The van der Waals surface area contributed by atoms with Crippen molar-refractivity contribution < 1.29 is 0 Å². The molecule has 3 heteroatoms. The van der Waals surface area contributed by atoms with Gasteiger partial charge in [-0.1, -0.05) is 25.8 Å². The molecule has 1 heterocycles. The van der Waals surface area contributed by atoms with Crippen molar-refractivity contribution in [2.45, 2.75) is 49.4 Å². The first-order valence-electron chi connectivity index (χ1n) is 6.21. The van der Waals surface area contributed by atoms with Crippen LogP contribution in [0.15, 0.2) is 23.4 Å². The minimum absolute atomic E-state index is 0.801. The summed E-state index contributed by atoms with van der Waals surface area (Å²) in [4.78, 5) is 4.52. The molecule has 0 unspecified atom stereocenters. The number of hydrogen-bond donors (Lipinski definition) is 1. The van der Waals surface area contributed by atoms with Crippen LogP contribution in [0.5, 0.6) is 0 Å². The summed E-state index contributed by atoms with van der Waals surface area (Å²) in [5, 5.41) is 5.41. The number of nitrogens with zero attached hydrogens (tertiary/aromatic N) is 1. The highest BCUT2D eigenvalue weighted by Crippen LogP contribution is 2.34. The summed E-state index contributed by atoms with van der Waals surface area (Å²) in [6.45, 7) is 4.10. The van der Waals surface area contributed by atoms with Crippen molar-refractivity contribution in [2.75, 3.05) is 6.54 Å². The molecule has 1 saturated carbocycles. The smallest absolute Gasteiger partial charge is 0.101 e. The summed E-state index contributed by atoms with van der Waals surface area (Å²) in [6, 6.07) is 4.22. The number of hydrogen-bond acceptors (Lipinski definition) is 3. The molecule has 1 fully saturated rings. The molecule has 2 rings (SSSR count). The molecular weight excluding hydrogens is 216 g/mol. The van der Waals surface area contributed by atoms with E-state index in [1.54, 1.807) is 0 Å². The minimum atomic E-state index is 0.801. The maximum Gasteiger partial charge on any atom is 0.101 e. The van der Waals surface area contributed by atoms with Crippen molar-refractivity contribution >= 4 is 11.8 Å². The van der Waals surface area contributed by atoms with Crippen molar-refractivity contribution in [1.29, 1.82) is 0 Å². The van der Waals surface area contributed by atoms with E-state index in [-0.39, 0.29) is 0 Å². The van der Waals surface area contributed by atoms with Crippen molar-refractivity contribution in [3.05, 3.63) is 23.9 Å². The first-order valence-corrected chi connectivity index (χ1v) is 7.09. The normalized spacial score (nSPS) is 16.8. The third-order valence-corrected chi connectivity index (χ3v) is 4.39. The van der Waals surface area contributed by atoms with E-state index in [1.807, 2.05) is 24.0 Å². The lowest BCUT2D eigenvalue weighted by atomic mass is 10.3. The zero-order valence-electron chi connectivity index (χ0n) is 9.91. The van der Waals surface area contributed by atoms with Crippen LogP contribution < -0.4 is 5.32 Å². The number of nitrogens with one attached hydrogen (secondary N) is 1. The molecular formula is C13H20N2S. The minimum Gasteiger partial charge on any atom is -0.313 e. The first-order chi connectivity index (χ1) is 7.90. The third kappa shape index (κ3) is 3.22. The second kappa shape index (κ2) is 6.26. The molecule has 0 atom stereocenters. The van der Waals surface area contributed by atoms with E-state index >= 15 is 0 Å². The summed E-state index contributed by atoms with van der Waals surface area (Å²) in [7, 11) is 0. The molecule has 0 radical (unpaired) electrons. The molecule has 0 amide bonds. The summed E-state index contributed by atoms with van der Waals surface area (Å²) in [6.07, 6.45) is 7.43. The molecule has 0 bridgehead atoms. The lowest BCUT2D eigenvalue weighted by Gasteiger charge is -2.12. The molecule has 2 nitrogen and oxygen atoms in total. The molecule has 1 N–H and O–H groups in total. The van der Waals surface area contributed by atoms with Gasteiger partial charge in [-0.3, -0.25) is 0 Å². The number of aromatic nitrogens is 1. The van der Waals surface area contributed by atoms with Gasteiger partial charge < -0.3 is 5.32 Å². The molecule has 1 aliphatic carbocycles. The van der Waals surface area contributed by atoms with Crippen LogP contribution in [0.1, 0.15) is 38.2 Å². The molecule has 1 aromatic heterocycles. The lowest BCUT2D eigenvalue weighted by Crippen LogP contribution is -2.13. The van der Waals surface area contributed by atoms with E-state index < -0.39 is 0 Å². The quantitative estimate of drug-likeness (QED) is 0.849. The Morgan fingerprint density at radius 2 is 2.25 bits per heavy atom. The van der Waals surface area contributed by atoms with E-state index in [4.69, 9.17) is 0 Å². The Bertz CT molecular complexity index is 321. The highest BCUT2D eigenvalue weighted by atomic mass is 32.2. The Morgan fingerprint density at radius 1 is 1.44 bits per heavy atom. The average molecular weight is 236 g/mol. The standard InChI is InChI=1S/C13H20N2S/c1-2-14-10-11-6-5-9-15-13(11)16-12-7-3-4-8-12/h5-6,9,12,14H,2-4,7-8,10H2,1H3. The van der Waals surface area contributed by atoms with Crippen molar-refractivity contribution in [2.24, 2.45) is 0 Å². The maximum absolute atomic E-state index is 4.52. The van der Waals surface area contributed by atoms with Crippen LogP contribution in [0, 0.1) is 0 Å². The van der Waals surface area contributed by atoms with E-state index in [1.165, 1.54) is 36.3 Å². The summed E-state index contributed by atoms with van der Waals surface area (Å²) >= 11 is 1.98. The van der Waals surface area contributed by atoms with Crippen LogP contribution in [0.25, 0.3) is 0 Å². The SMILES string of the molecule is CCNCc1cccnc1SC1CCCC1. The van der Waals surface area contributed by atoms with Gasteiger partial charge in [-0.25, -0.2) is 4.98 Å². The molecule has 0 aromatic carbocycles. The maximum atomic E-state index is 4.52. The topological polar surface area (TPSA) is 24.9 Å². The van der Waals surface area contributed by atoms with E-state index in [9.17, 15) is 0 Å². The average Bonchev–Trinajstić information content (AvgIpc) is 2.81. The summed E-state index contributed by atoms with van der Waals surface area (Å²) < 4.78 is 0. The fraction of sp³-hybridized carbons (Fsp3) is 0.615. The fourth-order valence-corrected chi connectivity index (χ4v) is 3.39. The predicted molar refractivity (Wildman–Crippen MR) is 69.7 cm³/mol. The highest BCUT2D eigenvalue weighted by molar-refractivity contribution is 7.99.